The quantitative estimate of drug-likeness (QED) is 0.503. The second kappa shape index (κ2) is 10.2. The summed E-state index contributed by atoms with van der Waals surface area (Å²) in [5.41, 5.74) is 3.45. The third kappa shape index (κ3) is 5.21. The summed E-state index contributed by atoms with van der Waals surface area (Å²) in [5.74, 6) is -0.221. The maximum atomic E-state index is 12.5. The average molecular weight is 444 g/mol. The summed E-state index contributed by atoms with van der Waals surface area (Å²) in [6, 6.07) is 25.2. The Hall–Kier alpha value is -3.51. The van der Waals surface area contributed by atoms with Gasteiger partial charge in [0.25, 0.3) is 11.8 Å². The summed E-state index contributed by atoms with van der Waals surface area (Å²) in [5, 5.41) is 5.90. The number of anilines is 2. The zero-order valence-corrected chi connectivity index (χ0v) is 18.7. The Bertz CT molecular complexity index is 1130. The van der Waals surface area contributed by atoms with Crippen LogP contribution in [-0.4, -0.2) is 31.4 Å². The summed E-state index contributed by atoms with van der Waals surface area (Å²) in [4.78, 5) is 28.8. The molecule has 0 aromatic heterocycles. The van der Waals surface area contributed by atoms with E-state index in [2.05, 4.69) is 34.6 Å². The largest absolute Gasteiger partial charge is 0.370 e. The number of amides is 2. The molecule has 0 saturated heterocycles. The van der Waals surface area contributed by atoms with E-state index in [0.29, 0.717) is 17.0 Å². The Morgan fingerprint density at radius 3 is 2.47 bits per heavy atom. The Balaban J connectivity index is 1.35. The minimum Gasteiger partial charge on any atom is -0.370 e. The number of benzene rings is 3. The summed E-state index contributed by atoms with van der Waals surface area (Å²) in [6.07, 6.45) is 1.84. The van der Waals surface area contributed by atoms with Crippen LogP contribution >= 0.6 is 11.8 Å². The van der Waals surface area contributed by atoms with Crippen LogP contribution in [0.25, 0.3) is 6.08 Å². The van der Waals surface area contributed by atoms with Gasteiger partial charge < -0.3 is 15.5 Å². The van der Waals surface area contributed by atoms with Gasteiger partial charge in [-0.05, 0) is 55.0 Å². The summed E-state index contributed by atoms with van der Waals surface area (Å²) >= 11 is 1.45. The number of nitrogens with zero attached hydrogens (tertiary/aromatic N) is 1. The van der Waals surface area contributed by atoms with Gasteiger partial charge in [-0.3, -0.25) is 9.59 Å². The number of hydrogen-bond acceptors (Lipinski definition) is 4. The number of thioether (sulfide) groups is 1. The van der Waals surface area contributed by atoms with Crippen molar-refractivity contribution in [2.45, 2.75) is 11.8 Å². The molecule has 0 radical (unpaired) electrons. The first-order valence-corrected chi connectivity index (χ1v) is 11.4. The Kier molecular flexibility index (Phi) is 6.92. The molecule has 1 aliphatic heterocycles. The van der Waals surface area contributed by atoms with Gasteiger partial charge in [-0.25, -0.2) is 0 Å². The van der Waals surface area contributed by atoms with Crippen LogP contribution in [0.1, 0.15) is 22.8 Å². The van der Waals surface area contributed by atoms with Crippen molar-refractivity contribution in [1.82, 2.24) is 5.32 Å². The highest BCUT2D eigenvalue weighted by atomic mass is 32.2. The number of rotatable bonds is 7. The number of carbonyl (C=O) groups is 2. The van der Waals surface area contributed by atoms with Gasteiger partial charge >= 0.3 is 0 Å². The number of carbonyl (C=O) groups excluding carboxylic acids is 2. The van der Waals surface area contributed by atoms with Crippen molar-refractivity contribution in [1.29, 1.82) is 0 Å². The molecule has 5 nitrogen and oxygen atoms in total. The predicted octanol–water partition coefficient (Wildman–Crippen LogP) is 5.03. The van der Waals surface area contributed by atoms with Crippen molar-refractivity contribution < 1.29 is 9.59 Å². The Morgan fingerprint density at radius 2 is 1.72 bits per heavy atom. The fraction of sp³-hybridized carbons (Fsp3) is 0.154. The summed E-state index contributed by atoms with van der Waals surface area (Å²) in [7, 11) is 0. The van der Waals surface area contributed by atoms with Gasteiger partial charge in [0.2, 0.25) is 0 Å². The average Bonchev–Trinajstić information content (AvgIpc) is 2.83. The molecule has 4 rings (SSSR count). The van der Waals surface area contributed by atoms with Crippen LogP contribution < -0.4 is 15.5 Å². The van der Waals surface area contributed by atoms with Gasteiger partial charge in [-0.15, -0.1) is 0 Å². The predicted molar refractivity (Wildman–Crippen MR) is 132 cm³/mol. The van der Waals surface area contributed by atoms with Crippen molar-refractivity contribution in [2.24, 2.45) is 0 Å². The molecule has 0 unspecified atom stereocenters. The van der Waals surface area contributed by atoms with Crippen molar-refractivity contribution in [2.75, 3.05) is 29.9 Å². The van der Waals surface area contributed by atoms with Gasteiger partial charge in [-0.2, -0.15) is 0 Å². The van der Waals surface area contributed by atoms with E-state index >= 15 is 0 Å². The van der Waals surface area contributed by atoms with E-state index in [1.54, 1.807) is 12.1 Å². The molecule has 0 aliphatic carbocycles. The normalized spacial score (nSPS) is 13.9. The first kappa shape index (κ1) is 21.7. The van der Waals surface area contributed by atoms with Gasteiger partial charge in [0, 0.05) is 35.8 Å². The molecule has 0 saturated carbocycles. The van der Waals surface area contributed by atoms with Gasteiger partial charge in [0.15, 0.2) is 0 Å². The highest BCUT2D eigenvalue weighted by molar-refractivity contribution is 8.04. The molecule has 1 aliphatic rings. The fourth-order valence-corrected chi connectivity index (χ4v) is 4.45. The third-order valence-electron chi connectivity index (χ3n) is 5.22. The lowest BCUT2D eigenvalue weighted by molar-refractivity contribution is -0.112. The second-order valence-electron chi connectivity index (χ2n) is 7.35. The van der Waals surface area contributed by atoms with Crippen LogP contribution in [0.2, 0.25) is 0 Å². The van der Waals surface area contributed by atoms with E-state index in [1.165, 1.54) is 11.8 Å². The summed E-state index contributed by atoms with van der Waals surface area (Å²) in [6.45, 7) is 4.28. The molecule has 3 aromatic carbocycles. The topological polar surface area (TPSA) is 61.4 Å². The van der Waals surface area contributed by atoms with E-state index in [9.17, 15) is 9.59 Å². The standard InChI is InChI=1S/C26H25N3O2S/c1-2-29(21-8-4-3-5-9-21)17-16-27-25(30)20-14-12-19(13-15-20)18-24-26(31)28-22-10-6-7-11-23(22)32-24/h3-15,18H,2,16-17H2,1H3,(H,27,30)(H,28,31). The fourth-order valence-electron chi connectivity index (χ4n) is 3.50. The maximum absolute atomic E-state index is 12.5. The van der Waals surface area contributed by atoms with Crippen LogP contribution in [0, 0.1) is 0 Å². The van der Waals surface area contributed by atoms with Crippen molar-refractivity contribution in [3.8, 4) is 0 Å². The lowest BCUT2D eigenvalue weighted by atomic mass is 10.1. The van der Waals surface area contributed by atoms with Crippen LogP contribution in [-0.2, 0) is 4.79 Å². The lowest BCUT2D eigenvalue weighted by Gasteiger charge is -2.23. The molecule has 0 bridgehead atoms. The van der Waals surface area contributed by atoms with Crippen LogP contribution in [0.4, 0.5) is 11.4 Å². The van der Waals surface area contributed by atoms with Gasteiger partial charge in [0.1, 0.15) is 0 Å². The summed E-state index contributed by atoms with van der Waals surface area (Å²) < 4.78 is 0. The van der Waals surface area contributed by atoms with E-state index in [1.807, 2.05) is 60.7 Å². The molecule has 0 atom stereocenters. The van der Waals surface area contributed by atoms with Crippen LogP contribution in [0.15, 0.2) is 88.7 Å². The zero-order valence-electron chi connectivity index (χ0n) is 17.9. The highest BCUT2D eigenvalue weighted by Crippen LogP contribution is 2.38. The number of fused-ring (bicyclic) bond motifs is 1. The first-order chi connectivity index (χ1) is 15.6. The van der Waals surface area contributed by atoms with Gasteiger partial charge in [0.05, 0.1) is 10.6 Å². The molecule has 0 fully saturated rings. The molecule has 2 amide bonds. The van der Waals surface area contributed by atoms with Crippen molar-refractivity contribution >= 4 is 41.0 Å². The molecule has 3 aromatic rings. The van der Waals surface area contributed by atoms with E-state index in [4.69, 9.17) is 0 Å². The molecular formula is C26H25N3O2S. The molecule has 162 valence electrons. The minimum atomic E-state index is -0.116. The van der Waals surface area contributed by atoms with E-state index < -0.39 is 0 Å². The highest BCUT2D eigenvalue weighted by Gasteiger charge is 2.20. The van der Waals surface area contributed by atoms with Crippen molar-refractivity contribution in [3.63, 3.8) is 0 Å². The zero-order chi connectivity index (χ0) is 22.3. The monoisotopic (exact) mass is 443 g/mol. The first-order valence-electron chi connectivity index (χ1n) is 10.6. The Labute approximate surface area is 192 Å². The number of hydrogen-bond donors (Lipinski definition) is 2. The van der Waals surface area contributed by atoms with Crippen LogP contribution in [0.3, 0.4) is 0 Å². The molecule has 1 heterocycles. The molecule has 2 N–H and O–H groups in total. The van der Waals surface area contributed by atoms with Crippen molar-refractivity contribution in [3.05, 3.63) is 94.9 Å². The number of nitrogens with one attached hydrogen (secondary N) is 2. The number of para-hydroxylation sites is 2. The van der Waals surface area contributed by atoms with Crippen LogP contribution in [0.5, 0.6) is 0 Å². The maximum Gasteiger partial charge on any atom is 0.262 e. The van der Waals surface area contributed by atoms with E-state index in [0.717, 1.165) is 34.9 Å². The molecular weight excluding hydrogens is 418 g/mol. The molecule has 6 heteroatoms. The third-order valence-corrected chi connectivity index (χ3v) is 6.32. The SMILES string of the molecule is CCN(CCNC(=O)c1ccc(C=C2Sc3ccccc3NC2=O)cc1)c1ccccc1. The lowest BCUT2D eigenvalue weighted by Crippen LogP contribution is -2.34. The van der Waals surface area contributed by atoms with E-state index in [-0.39, 0.29) is 11.8 Å². The second-order valence-corrected chi connectivity index (χ2v) is 8.44. The molecule has 32 heavy (non-hydrogen) atoms. The van der Waals surface area contributed by atoms with Gasteiger partial charge in [-0.1, -0.05) is 54.2 Å². The smallest absolute Gasteiger partial charge is 0.262 e. The Morgan fingerprint density at radius 1 is 1.00 bits per heavy atom. The minimum absolute atomic E-state index is 0.105. The molecule has 0 spiro atoms. The number of likely N-dealkylation sites (N-methyl/N-ethyl adjacent to an activating group) is 1.